The van der Waals surface area contributed by atoms with Gasteiger partial charge in [-0.3, -0.25) is 4.90 Å². The van der Waals surface area contributed by atoms with Crippen molar-refractivity contribution in [2.45, 2.75) is 13.0 Å². The normalized spacial score (nSPS) is 18.0. The van der Waals surface area contributed by atoms with E-state index in [1.54, 1.807) is 18.3 Å². The van der Waals surface area contributed by atoms with Crippen molar-refractivity contribution in [3.05, 3.63) is 23.9 Å². The smallest absolute Gasteiger partial charge is 0.214 e. The molecule has 5 heteroatoms. The first kappa shape index (κ1) is 12.8. The molecule has 1 fully saturated rings. The van der Waals surface area contributed by atoms with Crippen LogP contribution in [0, 0.1) is 11.3 Å². The molecule has 2 rings (SSSR count). The van der Waals surface area contributed by atoms with Gasteiger partial charge in [-0.1, -0.05) is 0 Å². The van der Waals surface area contributed by atoms with E-state index in [0.29, 0.717) is 24.1 Å². The molecule has 5 nitrogen and oxygen atoms in total. The molecule has 1 unspecified atom stereocenters. The molecular formula is C13H17N3O2. The van der Waals surface area contributed by atoms with Crippen molar-refractivity contribution in [1.29, 1.82) is 5.26 Å². The largest absolute Gasteiger partial charge is 0.476 e. The van der Waals surface area contributed by atoms with Gasteiger partial charge in [0.05, 0.1) is 24.8 Å². The van der Waals surface area contributed by atoms with Crippen molar-refractivity contribution in [3.63, 3.8) is 0 Å². The summed E-state index contributed by atoms with van der Waals surface area (Å²) in [6, 6.07) is 5.72. The Morgan fingerprint density at radius 3 is 3.06 bits per heavy atom. The van der Waals surface area contributed by atoms with E-state index in [1.165, 1.54) is 0 Å². The fourth-order valence-corrected chi connectivity index (χ4v) is 1.89. The molecule has 1 atom stereocenters. The van der Waals surface area contributed by atoms with E-state index < -0.39 is 0 Å². The summed E-state index contributed by atoms with van der Waals surface area (Å²) >= 11 is 0. The zero-order chi connectivity index (χ0) is 12.8. The minimum absolute atomic E-state index is 0.321. The predicted octanol–water partition coefficient (Wildman–Crippen LogP) is 1.05. The van der Waals surface area contributed by atoms with E-state index in [9.17, 15) is 0 Å². The topological polar surface area (TPSA) is 58.4 Å². The Balaban J connectivity index is 1.84. The van der Waals surface area contributed by atoms with Gasteiger partial charge in [0.1, 0.15) is 6.61 Å². The minimum atomic E-state index is 0.321. The van der Waals surface area contributed by atoms with Crippen molar-refractivity contribution in [1.82, 2.24) is 9.88 Å². The highest BCUT2D eigenvalue weighted by Crippen LogP contribution is 2.10. The summed E-state index contributed by atoms with van der Waals surface area (Å²) < 4.78 is 10.9. The second-order valence-corrected chi connectivity index (χ2v) is 4.30. The molecule has 96 valence electrons. The number of hydrogen-bond donors (Lipinski definition) is 0. The number of hydrogen-bond acceptors (Lipinski definition) is 5. The fourth-order valence-electron chi connectivity index (χ4n) is 1.89. The second-order valence-electron chi connectivity index (χ2n) is 4.30. The Morgan fingerprint density at radius 1 is 1.56 bits per heavy atom. The highest BCUT2D eigenvalue weighted by Gasteiger charge is 2.17. The lowest BCUT2D eigenvalue weighted by Gasteiger charge is -2.31. The highest BCUT2D eigenvalue weighted by molar-refractivity contribution is 5.31. The fraction of sp³-hybridized carbons (Fsp3) is 0.538. The third-order valence-electron chi connectivity index (χ3n) is 3.01. The van der Waals surface area contributed by atoms with Crippen LogP contribution in [0.4, 0.5) is 0 Å². The van der Waals surface area contributed by atoms with E-state index in [2.05, 4.69) is 22.9 Å². The van der Waals surface area contributed by atoms with Crippen LogP contribution < -0.4 is 4.74 Å². The Kier molecular flexibility index (Phi) is 4.51. The average Bonchev–Trinajstić information content (AvgIpc) is 2.46. The lowest BCUT2D eigenvalue weighted by atomic mass is 10.2. The molecule has 2 heterocycles. The van der Waals surface area contributed by atoms with Gasteiger partial charge in [0.15, 0.2) is 0 Å². The van der Waals surface area contributed by atoms with Crippen LogP contribution in [-0.4, -0.2) is 48.8 Å². The zero-order valence-corrected chi connectivity index (χ0v) is 10.5. The second kappa shape index (κ2) is 6.34. The van der Waals surface area contributed by atoms with Gasteiger partial charge in [0.25, 0.3) is 0 Å². The summed E-state index contributed by atoms with van der Waals surface area (Å²) in [5, 5.41) is 8.79. The van der Waals surface area contributed by atoms with Gasteiger partial charge >= 0.3 is 0 Å². The van der Waals surface area contributed by atoms with Crippen molar-refractivity contribution in [3.8, 4) is 11.9 Å². The van der Waals surface area contributed by atoms with Crippen molar-refractivity contribution >= 4 is 0 Å². The number of pyridine rings is 1. The Bertz CT molecular complexity index is 424. The SMILES string of the molecule is CC(COc1cc(C#N)ccn1)N1CCOCC1. The van der Waals surface area contributed by atoms with Crippen LogP contribution in [-0.2, 0) is 4.74 Å². The lowest BCUT2D eigenvalue weighted by Crippen LogP contribution is -2.44. The third-order valence-corrected chi connectivity index (χ3v) is 3.01. The molecular weight excluding hydrogens is 230 g/mol. The first-order valence-corrected chi connectivity index (χ1v) is 6.10. The molecule has 1 aromatic rings. The van der Waals surface area contributed by atoms with Crippen LogP contribution in [0.15, 0.2) is 18.3 Å². The first-order chi connectivity index (χ1) is 8.79. The van der Waals surface area contributed by atoms with Crippen LogP contribution in [0.2, 0.25) is 0 Å². The Hall–Kier alpha value is -1.64. The van der Waals surface area contributed by atoms with Crippen LogP contribution >= 0.6 is 0 Å². The van der Waals surface area contributed by atoms with E-state index in [1.807, 2.05) is 0 Å². The number of nitrogens with zero attached hydrogens (tertiary/aromatic N) is 3. The summed E-state index contributed by atoms with van der Waals surface area (Å²) in [4.78, 5) is 6.42. The maximum atomic E-state index is 8.79. The van der Waals surface area contributed by atoms with Gasteiger partial charge in [0, 0.05) is 31.4 Å². The molecule has 0 spiro atoms. The zero-order valence-electron chi connectivity index (χ0n) is 10.5. The van der Waals surface area contributed by atoms with Crippen molar-refractivity contribution in [2.75, 3.05) is 32.9 Å². The van der Waals surface area contributed by atoms with E-state index >= 15 is 0 Å². The number of aromatic nitrogens is 1. The van der Waals surface area contributed by atoms with Crippen LogP contribution in [0.5, 0.6) is 5.88 Å². The minimum Gasteiger partial charge on any atom is -0.476 e. The highest BCUT2D eigenvalue weighted by atomic mass is 16.5. The van der Waals surface area contributed by atoms with Crippen LogP contribution in [0.3, 0.4) is 0 Å². The average molecular weight is 247 g/mol. The van der Waals surface area contributed by atoms with Gasteiger partial charge in [-0.25, -0.2) is 4.98 Å². The lowest BCUT2D eigenvalue weighted by molar-refractivity contribution is 0.0101. The molecule has 0 N–H and O–H groups in total. The van der Waals surface area contributed by atoms with E-state index in [4.69, 9.17) is 14.7 Å². The van der Waals surface area contributed by atoms with Gasteiger partial charge in [-0.15, -0.1) is 0 Å². The van der Waals surface area contributed by atoms with Gasteiger partial charge < -0.3 is 9.47 Å². The molecule has 0 saturated carbocycles. The molecule has 0 amide bonds. The van der Waals surface area contributed by atoms with Crippen LogP contribution in [0.25, 0.3) is 0 Å². The summed E-state index contributed by atoms with van der Waals surface area (Å²) in [5.74, 6) is 0.508. The molecule has 1 saturated heterocycles. The molecule has 1 aliphatic heterocycles. The molecule has 0 radical (unpaired) electrons. The molecule has 0 bridgehead atoms. The van der Waals surface area contributed by atoms with Crippen molar-refractivity contribution in [2.24, 2.45) is 0 Å². The molecule has 1 aromatic heterocycles. The molecule has 0 aliphatic carbocycles. The standard InChI is InChI=1S/C13H17N3O2/c1-11(16-4-6-17-7-5-16)10-18-13-8-12(9-14)2-3-15-13/h2-3,8,11H,4-7,10H2,1H3. The van der Waals surface area contributed by atoms with Gasteiger partial charge in [-0.05, 0) is 13.0 Å². The van der Waals surface area contributed by atoms with Gasteiger partial charge in [-0.2, -0.15) is 5.26 Å². The number of ether oxygens (including phenoxy) is 2. The molecule has 18 heavy (non-hydrogen) atoms. The summed E-state index contributed by atoms with van der Waals surface area (Å²) in [7, 11) is 0. The first-order valence-electron chi connectivity index (χ1n) is 6.10. The number of rotatable bonds is 4. The maximum Gasteiger partial charge on any atom is 0.214 e. The number of morpholine rings is 1. The summed E-state index contributed by atoms with van der Waals surface area (Å²) in [5.41, 5.74) is 0.569. The van der Waals surface area contributed by atoms with E-state index in [-0.39, 0.29) is 0 Å². The maximum absolute atomic E-state index is 8.79. The summed E-state index contributed by atoms with van der Waals surface area (Å²) in [6.07, 6.45) is 1.59. The van der Waals surface area contributed by atoms with Crippen molar-refractivity contribution < 1.29 is 9.47 Å². The van der Waals surface area contributed by atoms with E-state index in [0.717, 1.165) is 26.3 Å². The summed E-state index contributed by atoms with van der Waals surface area (Å²) in [6.45, 7) is 6.15. The molecule has 0 aromatic carbocycles. The molecule has 1 aliphatic rings. The Morgan fingerprint density at radius 2 is 2.33 bits per heavy atom. The quantitative estimate of drug-likeness (QED) is 0.796. The number of nitriles is 1. The monoisotopic (exact) mass is 247 g/mol. The Labute approximate surface area is 107 Å². The van der Waals surface area contributed by atoms with Gasteiger partial charge in [0.2, 0.25) is 5.88 Å². The third kappa shape index (κ3) is 3.42. The predicted molar refractivity (Wildman–Crippen MR) is 66.3 cm³/mol. The van der Waals surface area contributed by atoms with Crippen LogP contribution in [0.1, 0.15) is 12.5 Å².